The maximum atomic E-state index is 4.83. The lowest BCUT2D eigenvalue weighted by molar-refractivity contribution is 0.239. The number of rotatable bonds is 3. The quantitative estimate of drug-likeness (QED) is 0.872. The van der Waals surface area contributed by atoms with E-state index in [2.05, 4.69) is 40.6 Å². The number of hydrogen-bond acceptors (Lipinski definition) is 4. The molecule has 1 aliphatic heterocycles. The van der Waals surface area contributed by atoms with Crippen LogP contribution in [0.5, 0.6) is 0 Å². The van der Waals surface area contributed by atoms with Crippen molar-refractivity contribution < 1.29 is 0 Å². The second-order valence-corrected chi connectivity index (χ2v) is 6.76. The molecular formula is C16H26N6. The van der Waals surface area contributed by atoms with E-state index in [1.165, 1.54) is 11.3 Å². The number of fused-ring (bicyclic) bond motifs is 1. The predicted octanol–water partition coefficient (Wildman–Crippen LogP) is 2.16. The molecular weight excluding hydrogens is 276 g/mol. The average Bonchev–Trinajstić information content (AvgIpc) is 2.85. The standard InChI is InChI=1S/C16H26N6/c1-11(2)9-21-7-6-8-22-14(10-21)12(3)15(19-22)16-18-17-13(4)20(16)5/h11H,6-10H2,1-5H3. The van der Waals surface area contributed by atoms with Gasteiger partial charge in [-0.3, -0.25) is 9.58 Å². The summed E-state index contributed by atoms with van der Waals surface area (Å²) in [5.41, 5.74) is 3.55. The summed E-state index contributed by atoms with van der Waals surface area (Å²) >= 11 is 0. The van der Waals surface area contributed by atoms with Crippen molar-refractivity contribution in [2.75, 3.05) is 13.1 Å². The van der Waals surface area contributed by atoms with E-state index in [0.717, 1.165) is 49.9 Å². The smallest absolute Gasteiger partial charge is 0.184 e. The molecule has 0 N–H and O–H groups in total. The Hall–Kier alpha value is -1.69. The van der Waals surface area contributed by atoms with Gasteiger partial charge in [-0.2, -0.15) is 5.10 Å². The zero-order chi connectivity index (χ0) is 15.9. The highest BCUT2D eigenvalue weighted by atomic mass is 15.3. The second kappa shape index (κ2) is 5.83. The molecule has 0 amide bonds. The molecule has 0 aromatic carbocycles. The van der Waals surface area contributed by atoms with Gasteiger partial charge in [0.2, 0.25) is 0 Å². The van der Waals surface area contributed by atoms with Crippen molar-refractivity contribution in [3.8, 4) is 11.5 Å². The van der Waals surface area contributed by atoms with Gasteiger partial charge in [0, 0.05) is 38.8 Å². The summed E-state index contributed by atoms with van der Waals surface area (Å²) in [5.74, 6) is 2.47. The van der Waals surface area contributed by atoms with Crippen molar-refractivity contribution in [3.63, 3.8) is 0 Å². The number of aryl methyl sites for hydroxylation is 2. The molecule has 0 aliphatic carbocycles. The summed E-state index contributed by atoms with van der Waals surface area (Å²) in [6.45, 7) is 13.0. The van der Waals surface area contributed by atoms with Crippen LogP contribution >= 0.6 is 0 Å². The first-order chi connectivity index (χ1) is 10.5. The molecule has 0 bridgehead atoms. The van der Waals surface area contributed by atoms with Crippen LogP contribution in [0.3, 0.4) is 0 Å². The second-order valence-electron chi connectivity index (χ2n) is 6.76. The van der Waals surface area contributed by atoms with Crippen LogP contribution < -0.4 is 0 Å². The molecule has 0 spiro atoms. The summed E-state index contributed by atoms with van der Waals surface area (Å²) < 4.78 is 4.19. The topological polar surface area (TPSA) is 51.8 Å². The Kier molecular flexibility index (Phi) is 4.04. The van der Waals surface area contributed by atoms with Gasteiger partial charge < -0.3 is 4.57 Å². The van der Waals surface area contributed by atoms with Crippen molar-refractivity contribution in [1.82, 2.24) is 29.4 Å². The minimum absolute atomic E-state index is 0.690. The van der Waals surface area contributed by atoms with Gasteiger partial charge in [0.15, 0.2) is 5.82 Å². The lowest BCUT2D eigenvalue weighted by Crippen LogP contribution is -2.27. The van der Waals surface area contributed by atoms with E-state index in [-0.39, 0.29) is 0 Å². The molecule has 0 radical (unpaired) electrons. The molecule has 0 atom stereocenters. The number of aromatic nitrogens is 5. The van der Waals surface area contributed by atoms with Crippen molar-refractivity contribution in [1.29, 1.82) is 0 Å². The first kappa shape index (κ1) is 15.2. The monoisotopic (exact) mass is 302 g/mol. The Morgan fingerprint density at radius 1 is 1.14 bits per heavy atom. The summed E-state index contributed by atoms with van der Waals surface area (Å²) in [5, 5.41) is 13.3. The van der Waals surface area contributed by atoms with E-state index in [9.17, 15) is 0 Å². The van der Waals surface area contributed by atoms with Gasteiger partial charge >= 0.3 is 0 Å². The first-order valence-corrected chi connectivity index (χ1v) is 8.12. The molecule has 0 saturated carbocycles. The lowest BCUT2D eigenvalue weighted by Gasteiger charge is -2.21. The van der Waals surface area contributed by atoms with Crippen molar-refractivity contribution >= 4 is 0 Å². The zero-order valence-electron chi connectivity index (χ0n) is 14.3. The fraction of sp³-hybridized carbons (Fsp3) is 0.688. The highest BCUT2D eigenvalue weighted by molar-refractivity contribution is 5.56. The van der Waals surface area contributed by atoms with Crippen molar-refractivity contribution in [3.05, 3.63) is 17.1 Å². The van der Waals surface area contributed by atoms with E-state index in [0.29, 0.717) is 5.92 Å². The SMILES string of the molecule is Cc1c(-c2nnc(C)n2C)nn2c1CN(CC(C)C)CCC2. The largest absolute Gasteiger partial charge is 0.313 e. The Labute approximate surface area is 132 Å². The van der Waals surface area contributed by atoms with Gasteiger partial charge in [0.25, 0.3) is 0 Å². The van der Waals surface area contributed by atoms with Crippen LogP contribution in [0, 0.1) is 19.8 Å². The number of nitrogens with zero attached hydrogens (tertiary/aromatic N) is 6. The fourth-order valence-electron chi connectivity index (χ4n) is 3.20. The zero-order valence-corrected chi connectivity index (χ0v) is 14.3. The molecule has 0 saturated heterocycles. The summed E-state index contributed by atoms with van der Waals surface area (Å²) in [6.07, 6.45) is 1.15. The summed E-state index contributed by atoms with van der Waals surface area (Å²) in [6, 6.07) is 0. The average molecular weight is 302 g/mol. The maximum absolute atomic E-state index is 4.83. The lowest BCUT2D eigenvalue weighted by atomic mass is 10.1. The first-order valence-electron chi connectivity index (χ1n) is 8.12. The third kappa shape index (κ3) is 2.67. The number of hydrogen-bond donors (Lipinski definition) is 0. The molecule has 2 aromatic heterocycles. The van der Waals surface area contributed by atoms with Crippen molar-refractivity contribution in [2.45, 2.75) is 47.2 Å². The minimum Gasteiger partial charge on any atom is -0.313 e. The molecule has 3 rings (SSSR count). The normalized spacial score (nSPS) is 16.1. The molecule has 1 aliphatic rings. The Bertz CT molecular complexity index is 666. The maximum Gasteiger partial charge on any atom is 0.184 e. The predicted molar refractivity (Wildman–Crippen MR) is 86.4 cm³/mol. The van der Waals surface area contributed by atoms with Crippen LogP contribution in [-0.4, -0.2) is 42.5 Å². The molecule has 22 heavy (non-hydrogen) atoms. The molecule has 3 heterocycles. The van der Waals surface area contributed by atoms with Gasteiger partial charge in [-0.1, -0.05) is 13.8 Å². The van der Waals surface area contributed by atoms with Gasteiger partial charge in [-0.15, -0.1) is 10.2 Å². The van der Waals surface area contributed by atoms with E-state index >= 15 is 0 Å². The minimum atomic E-state index is 0.690. The van der Waals surface area contributed by atoms with Crippen LogP contribution in [0.25, 0.3) is 11.5 Å². The van der Waals surface area contributed by atoms with Crippen LogP contribution in [0.4, 0.5) is 0 Å². The summed E-state index contributed by atoms with van der Waals surface area (Å²) in [7, 11) is 2.00. The van der Waals surface area contributed by atoms with Gasteiger partial charge in [0.05, 0.1) is 5.69 Å². The summed E-state index contributed by atoms with van der Waals surface area (Å²) in [4.78, 5) is 2.55. The highest BCUT2D eigenvalue weighted by Crippen LogP contribution is 2.26. The molecule has 6 nitrogen and oxygen atoms in total. The third-order valence-electron chi connectivity index (χ3n) is 4.47. The Balaban J connectivity index is 1.96. The Morgan fingerprint density at radius 3 is 2.55 bits per heavy atom. The Morgan fingerprint density at radius 2 is 1.91 bits per heavy atom. The fourth-order valence-corrected chi connectivity index (χ4v) is 3.20. The van der Waals surface area contributed by atoms with E-state index < -0.39 is 0 Å². The molecule has 120 valence electrons. The van der Waals surface area contributed by atoms with Crippen LogP contribution in [0.2, 0.25) is 0 Å². The van der Waals surface area contributed by atoms with Crippen LogP contribution in [0.15, 0.2) is 0 Å². The van der Waals surface area contributed by atoms with Crippen LogP contribution in [-0.2, 0) is 20.1 Å². The van der Waals surface area contributed by atoms with E-state index in [4.69, 9.17) is 5.10 Å². The highest BCUT2D eigenvalue weighted by Gasteiger charge is 2.23. The van der Waals surface area contributed by atoms with Gasteiger partial charge in [-0.25, -0.2) is 0 Å². The molecule has 2 aromatic rings. The van der Waals surface area contributed by atoms with Crippen LogP contribution in [0.1, 0.15) is 37.4 Å². The van der Waals surface area contributed by atoms with E-state index in [1.54, 1.807) is 0 Å². The van der Waals surface area contributed by atoms with Crippen molar-refractivity contribution in [2.24, 2.45) is 13.0 Å². The van der Waals surface area contributed by atoms with Gasteiger partial charge in [0.1, 0.15) is 11.5 Å². The van der Waals surface area contributed by atoms with Gasteiger partial charge in [-0.05, 0) is 26.2 Å². The molecule has 0 fully saturated rings. The third-order valence-corrected chi connectivity index (χ3v) is 4.47. The van der Waals surface area contributed by atoms with E-state index in [1.807, 2.05) is 18.5 Å². The molecule has 0 unspecified atom stereocenters. The molecule has 6 heteroatoms.